The summed E-state index contributed by atoms with van der Waals surface area (Å²) < 4.78 is 0. The van der Waals surface area contributed by atoms with Crippen LogP contribution in [0, 0.1) is 11.8 Å². The van der Waals surface area contributed by atoms with E-state index in [1.165, 1.54) is 12.8 Å². The average Bonchev–Trinajstić information content (AvgIpc) is 2.24. The van der Waals surface area contributed by atoms with Crippen LogP contribution in [0.5, 0.6) is 0 Å². The first kappa shape index (κ1) is 13.3. The fourth-order valence-electron chi connectivity index (χ4n) is 2.19. The quantitative estimate of drug-likeness (QED) is 0.734. The molecule has 3 nitrogen and oxygen atoms in total. The van der Waals surface area contributed by atoms with Gasteiger partial charge in [0.15, 0.2) is 0 Å². The Morgan fingerprint density at radius 1 is 1.50 bits per heavy atom. The fraction of sp³-hybridized carbons (Fsp3) is 0.923. The van der Waals surface area contributed by atoms with Crippen molar-refractivity contribution in [2.24, 2.45) is 11.8 Å². The molecular weight excluding hydrogens is 200 g/mol. The first-order chi connectivity index (χ1) is 7.59. The number of nitrogens with one attached hydrogen (secondary N) is 1. The van der Waals surface area contributed by atoms with Gasteiger partial charge < -0.3 is 10.2 Å². The number of piperidine rings is 1. The van der Waals surface area contributed by atoms with Crippen LogP contribution < -0.4 is 5.32 Å². The molecule has 3 heteroatoms. The van der Waals surface area contributed by atoms with E-state index in [-0.39, 0.29) is 6.03 Å². The standard InChI is InChI=1S/C13H26N2O/c1-11(2)6-4-8-14-13(16)15-9-5-7-12(3)10-15/h11-12H,4-10H2,1-3H3,(H,14,16). The molecule has 1 atom stereocenters. The highest BCUT2D eigenvalue weighted by Crippen LogP contribution is 2.15. The van der Waals surface area contributed by atoms with E-state index in [1.54, 1.807) is 0 Å². The zero-order chi connectivity index (χ0) is 12.0. The van der Waals surface area contributed by atoms with Crippen LogP contribution in [0.1, 0.15) is 46.5 Å². The molecule has 1 aliphatic rings. The Morgan fingerprint density at radius 3 is 2.88 bits per heavy atom. The highest BCUT2D eigenvalue weighted by molar-refractivity contribution is 5.74. The van der Waals surface area contributed by atoms with E-state index in [2.05, 4.69) is 26.1 Å². The van der Waals surface area contributed by atoms with Crippen molar-refractivity contribution in [2.45, 2.75) is 46.5 Å². The number of likely N-dealkylation sites (tertiary alicyclic amines) is 1. The third-order valence-electron chi connectivity index (χ3n) is 3.18. The summed E-state index contributed by atoms with van der Waals surface area (Å²) in [4.78, 5) is 13.8. The molecule has 1 aliphatic heterocycles. The number of hydrogen-bond donors (Lipinski definition) is 1. The second kappa shape index (κ2) is 6.77. The predicted octanol–water partition coefficient (Wildman–Crippen LogP) is 2.86. The molecule has 1 heterocycles. The molecule has 1 N–H and O–H groups in total. The summed E-state index contributed by atoms with van der Waals surface area (Å²) in [5, 5.41) is 3.02. The summed E-state index contributed by atoms with van der Waals surface area (Å²) in [7, 11) is 0. The summed E-state index contributed by atoms with van der Waals surface area (Å²) in [6, 6.07) is 0.135. The minimum atomic E-state index is 0.135. The van der Waals surface area contributed by atoms with E-state index in [0.717, 1.165) is 38.4 Å². The summed E-state index contributed by atoms with van der Waals surface area (Å²) in [5.74, 6) is 1.39. The Morgan fingerprint density at radius 2 is 2.25 bits per heavy atom. The van der Waals surface area contributed by atoms with Crippen molar-refractivity contribution in [3.63, 3.8) is 0 Å². The van der Waals surface area contributed by atoms with Crippen LogP contribution in [0.25, 0.3) is 0 Å². The highest BCUT2D eigenvalue weighted by atomic mass is 16.2. The van der Waals surface area contributed by atoms with Crippen LogP contribution in [0.3, 0.4) is 0 Å². The van der Waals surface area contributed by atoms with Crippen LogP contribution in [-0.4, -0.2) is 30.6 Å². The van der Waals surface area contributed by atoms with Crippen LogP contribution in [0.2, 0.25) is 0 Å². The van der Waals surface area contributed by atoms with Gasteiger partial charge in [-0.05, 0) is 37.5 Å². The van der Waals surface area contributed by atoms with Gasteiger partial charge in [0, 0.05) is 19.6 Å². The van der Waals surface area contributed by atoms with Gasteiger partial charge in [0.05, 0.1) is 0 Å². The van der Waals surface area contributed by atoms with Crippen molar-refractivity contribution in [1.82, 2.24) is 10.2 Å². The SMILES string of the molecule is CC(C)CCCNC(=O)N1CCCC(C)C1. The Hall–Kier alpha value is -0.730. The van der Waals surface area contributed by atoms with Gasteiger partial charge >= 0.3 is 6.03 Å². The summed E-state index contributed by atoms with van der Waals surface area (Å²) in [5.41, 5.74) is 0. The van der Waals surface area contributed by atoms with Gasteiger partial charge in [-0.3, -0.25) is 0 Å². The van der Waals surface area contributed by atoms with Crippen molar-refractivity contribution < 1.29 is 4.79 Å². The maximum Gasteiger partial charge on any atom is 0.317 e. The van der Waals surface area contributed by atoms with E-state index in [0.29, 0.717) is 5.92 Å². The molecule has 0 bridgehead atoms. The lowest BCUT2D eigenvalue weighted by molar-refractivity contribution is 0.169. The highest BCUT2D eigenvalue weighted by Gasteiger charge is 2.20. The number of rotatable bonds is 4. The number of nitrogens with zero attached hydrogens (tertiary/aromatic N) is 1. The number of amides is 2. The zero-order valence-electron chi connectivity index (χ0n) is 11.0. The summed E-state index contributed by atoms with van der Waals surface area (Å²) in [6.07, 6.45) is 4.70. The third-order valence-corrected chi connectivity index (χ3v) is 3.18. The van der Waals surface area contributed by atoms with Gasteiger partial charge in [0.1, 0.15) is 0 Å². The molecule has 0 aromatic heterocycles. The monoisotopic (exact) mass is 226 g/mol. The molecule has 1 saturated heterocycles. The number of carbonyl (C=O) groups is 1. The molecular formula is C13H26N2O. The molecule has 0 aromatic carbocycles. The predicted molar refractivity (Wildman–Crippen MR) is 67.4 cm³/mol. The average molecular weight is 226 g/mol. The van der Waals surface area contributed by atoms with Gasteiger partial charge in [-0.2, -0.15) is 0 Å². The van der Waals surface area contributed by atoms with Crippen molar-refractivity contribution in [3.8, 4) is 0 Å². The Kier molecular flexibility index (Phi) is 5.64. The largest absolute Gasteiger partial charge is 0.338 e. The summed E-state index contributed by atoms with van der Waals surface area (Å²) >= 11 is 0. The molecule has 16 heavy (non-hydrogen) atoms. The van der Waals surface area contributed by atoms with Crippen LogP contribution in [0.4, 0.5) is 4.79 Å². The number of urea groups is 1. The lowest BCUT2D eigenvalue weighted by atomic mass is 10.0. The van der Waals surface area contributed by atoms with Gasteiger partial charge in [0.2, 0.25) is 0 Å². The molecule has 94 valence electrons. The number of hydrogen-bond acceptors (Lipinski definition) is 1. The molecule has 0 saturated carbocycles. The van der Waals surface area contributed by atoms with Gasteiger partial charge in [-0.1, -0.05) is 20.8 Å². The lowest BCUT2D eigenvalue weighted by Crippen LogP contribution is -2.45. The van der Waals surface area contributed by atoms with E-state index in [9.17, 15) is 4.79 Å². The summed E-state index contributed by atoms with van der Waals surface area (Å²) in [6.45, 7) is 9.33. The fourth-order valence-corrected chi connectivity index (χ4v) is 2.19. The van der Waals surface area contributed by atoms with Crippen molar-refractivity contribution in [1.29, 1.82) is 0 Å². The normalized spacial score (nSPS) is 21.2. The minimum Gasteiger partial charge on any atom is -0.338 e. The second-order valence-corrected chi connectivity index (χ2v) is 5.46. The smallest absolute Gasteiger partial charge is 0.317 e. The second-order valence-electron chi connectivity index (χ2n) is 5.46. The van der Waals surface area contributed by atoms with Crippen molar-refractivity contribution >= 4 is 6.03 Å². The van der Waals surface area contributed by atoms with Crippen LogP contribution >= 0.6 is 0 Å². The molecule has 2 amide bonds. The Bertz CT molecular complexity index is 216. The molecule has 0 aromatic rings. The molecule has 1 fully saturated rings. The Balaban J connectivity index is 2.14. The topological polar surface area (TPSA) is 32.3 Å². The van der Waals surface area contributed by atoms with Crippen LogP contribution in [0.15, 0.2) is 0 Å². The van der Waals surface area contributed by atoms with E-state index in [1.807, 2.05) is 4.90 Å². The maximum atomic E-state index is 11.8. The van der Waals surface area contributed by atoms with Crippen molar-refractivity contribution in [3.05, 3.63) is 0 Å². The molecule has 1 unspecified atom stereocenters. The maximum absolute atomic E-state index is 11.8. The lowest BCUT2D eigenvalue weighted by Gasteiger charge is -2.31. The Labute approximate surface area is 99.6 Å². The van der Waals surface area contributed by atoms with Gasteiger partial charge in [-0.15, -0.1) is 0 Å². The first-order valence-electron chi connectivity index (χ1n) is 6.62. The first-order valence-corrected chi connectivity index (χ1v) is 6.62. The third kappa shape index (κ3) is 4.86. The van der Waals surface area contributed by atoms with Crippen LogP contribution in [-0.2, 0) is 0 Å². The van der Waals surface area contributed by atoms with Gasteiger partial charge in [-0.25, -0.2) is 4.79 Å². The minimum absolute atomic E-state index is 0.135. The molecule has 0 aliphatic carbocycles. The molecule has 1 rings (SSSR count). The number of carbonyl (C=O) groups excluding carboxylic acids is 1. The van der Waals surface area contributed by atoms with Gasteiger partial charge in [0.25, 0.3) is 0 Å². The van der Waals surface area contributed by atoms with Crippen molar-refractivity contribution in [2.75, 3.05) is 19.6 Å². The molecule has 0 spiro atoms. The van der Waals surface area contributed by atoms with E-state index >= 15 is 0 Å². The van der Waals surface area contributed by atoms with E-state index in [4.69, 9.17) is 0 Å². The molecule has 0 radical (unpaired) electrons. The van der Waals surface area contributed by atoms with E-state index < -0.39 is 0 Å². The zero-order valence-corrected chi connectivity index (χ0v) is 11.0.